The van der Waals surface area contributed by atoms with Crippen molar-refractivity contribution < 1.29 is 28.5 Å². The van der Waals surface area contributed by atoms with Crippen LogP contribution in [0.15, 0.2) is 46.4 Å². The number of fused-ring (bicyclic) bond motifs is 1. The van der Waals surface area contributed by atoms with Gasteiger partial charge in [-0.2, -0.15) is 13.7 Å². The quantitative estimate of drug-likeness (QED) is 0.755. The molecule has 2 aliphatic heterocycles. The molecule has 0 bridgehead atoms. The largest absolute Gasteiger partial charge is 0.369 e. The van der Waals surface area contributed by atoms with Gasteiger partial charge in [0.25, 0.3) is 12.0 Å². The van der Waals surface area contributed by atoms with Gasteiger partial charge in [0.1, 0.15) is 0 Å². The topological polar surface area (TPSA) is 59.0 Å². The van der Waals surface area contributed by atoms with E-state index < -0.39 is 29.9 Å². The van der Waals surface area contributed by atoms with Crippen LogP contribution < -0.4 is 0 Å². The van der Waals surface area contributed by atoms with Gasteiger partial charge >= 0.3 is 0 Å². The zero-order valence-corrected chi connectivity index (χ0v) is 11.5. The third kappa shape index (κ3) is 1.72. The predicted molar refractivity (Wildman–Crippen MR) is 69.7 cm³/mol. The fraction of sp³-hybridized carbons (Fsp3) is 0.400. The van der Waals surface area contributed by atoms with Crippen molar-refractivity contribution in [2.45, 2.75) is 38.0 Å². The molecule has 4 rings (SSSR count). The maximum absolute atomic E-state index is 13.3. The molecule has 2 heterocycles. The summed E-state index contributed by atoms with van der Waals surface area (Å²) in [5.74, 6) is -0.130. The van der Waals surface area contributed by atoms with E-state index in [0.29, 0.717) is 24.0 Å². The Bertz CT molecular complexity index is 688. The van der Waals surface area contributed by atoms with Gasteiger partial charge in [-0.3, -0.25) is 9.69 Å². The van der Waals surface area contributed by atoms with Crippen molar-refractivity contribution in [1.82, 2.24) is 4.90 Å². The van der Waals surface area contributed by atoms with Crippen molar-refractivity contribution in [2.75, 3.05) is 0 Å². The average Bonchev–Trinajstić information content (AvgIpc) is 2.72. The molecule has 7 heteroatoms. The van der Waals surface area contributed by atoms with Gasteiger partial charge < -0.3 is 9.99 Å². The molecule has 1 fully saturated rings. The van der Waals surface area contributed by atoms with Crippen molar-refractivity contribution in [2.24, 2.45) is 0 Å². The first-order valence-electron chi connectivity index (χ1n) is 7.14. The number of amides is 1. The van der Waals surface area contributed by atoms with E-state index in [1.807, 2.05) is 0 Å². The molecule has 0 aromatic heterocycles. The molecule has 2 atom stereocenters. The van der Waals surface area contributed by atoms with Gasteiger partial charge in [-0.15, -0.1) is 0 Å². The van der Waals surface area contributed by atoms with Crippen LogP contribution in [0.25, 0.3) is 0 Å². The summed E-state index contributed by atoms with van der Waals surface area (Å²) in [6.45, 7) is 0. The molecule has 0 saturated carbocycles. The molecule has 0 spiro atoms. The molecule has 0 aromatic rings. The van der Waals surface area contributed by atoms with E-state index in [-0.39, 0.29) is 11.5 Å². The van der Waals surface area contributed by atoms with E-state index in [0.717, 1.165) is 17.7 Å². The number of carbonyl (C=O) groups excluding carboxylic acids is 1. The molecular formula is C15H13F2NO4. The normalized spacial score (nSPS) is 30.2. The van der Waals surface area contributed by atoms with Gasteiger partial charge in [0, 0.05) is 5.57 Å². The third-order valence-corrected chi connectivity index (χ3v) is 4.45. The molecule has 2 unspecified atom stereocenters. The number of allylic oxidation sites excluding steroid dienone is 2. The summed E-state index contributed by atoms with van der Waals surface area (Å²) < 4.78 is 26.7. The Balaban J connectivity index is 1.76. The number of rotatable bonds is 1. The SMILES string of the molecule is O=C1C2=C(CCCC2)C(O)N1C1=CC=C2OOC2C1=C(F)F. The maximum atomic E-state index is 13.3. The molecule has 1 amide bonds. The zero-order chi connectivity index (χ0) is 15.4. The Labute approximate surface area is 124 Å². The van der Waals surface area contributed by atoms with Crippen molar-refractivity contribution in [3.05, 3.63) is 46.4 Å². The molecule has 116 valence electrons. The molecule has 0 aromatic carbocycles. The number of hydrogen-bond acceptors (Lipinski definition) is 4. The summed E-state index contributed by atoms with van der Waals surface area (Å²) in [5.41, 5.74) is 0.759. The van der Waals surface area contributed by atoms with Gasteiger partial charge in [-0.1, -0.05) is 0 Å². The van der Waals surface area contributed by atoms with Crippen molar-refractivity contribution in [3.8, 4) is 0 Å². The predicted octanol–water partition coefficient (Wildman–Crippen LogP) is 2.28. The van der Waals surface area contributed by atoms with E-state index in [4.69, 9.17) is 4.89 Å². The minimum Gasteiger partial charge on any atom is -0.369 e. The number of hydrogen-bond donors (Lipinski definition) is 1. The lowest BCUT2D eigenvalue weighted by molar-refractivity contribution is -0.367. The second-order valence-electron chi connectivity index (χ2n) is 5.61. The summed E-state index contributed by atoms with van der Waals surface area (Å²) in [6.07, 6.45) is 1.66. The lowest BCUT2D eigenvalue weighted by atomic mass is 9.93. The van der Waals surface area contributed by atoms with E-state index in [1.165, 1.54) is 12.2 Å². The highest BCUT2D eigenvalue weighted by Crippen LogP contribution is 2.44. The van der Waals surface area contributed by atoms with E-state index in [2.05, 4.69) is 4.89 Å². The maximum Gasteiger partial charge on any atom is 0.278 e. The molecular weight excluding hydrogens is 296 g/mol. The lowest BCUT2D eigenvalue weighted by Gasteiger charge is -2.36. The minimum atomic E-state index is -1.95. The summed E-state index contributed by atoms with van der Waals surface area (Å²) in [6, 6.07) is 0. The fourth-order valence-electron chi connectivity index (χ4n) is 3.36. The number of aliphatic hydroxyl groups excluding tert-OH is 1. The van der Waals surface area contributed by atoms with Crippen molar-refractivity contribution >= 4 is 5.91 Å². The molecule has 5 nitrogen and oxygen atoms in total. The smallest absolute Gasteiger partial charge is 0.278 e. The van der Waals surface area contributed by atoms with E-state index in [1.54, 1.807) is 0 Å². The fourth-order valence-corrected chi connectivity index (χ4v) is 3.36. The van der Waals surface area contributed by atoms with E-state index >= 15 is 0 Å². The number of carbonyl (C=O) groups is 1. The van der Waals surface area contributed by atoms with Crippen LogP contribution in [0.5, 0.6) is 0 Å². The highest BCUT2D eigenvalue weighted by molar-refractivity contribution is 5.99. The zero-order valence-electron chi connectivity index (χ0n) is 11.5. The molecule has 0 radical (unpaired) electrons. The summed E-state index contributed by atoms with van der Waals surface area (Å²) >= 11 is 0. The second kappa shape index (κ2) is 4.76. The summed E-state index contributed by atoms with van der Waals surface area (Å²) in [5, 5.41) is 10.4. The van der Waals surface area contributed by atoms with Crippen molar-refractivity contribution in [3.63, 3.8) is 0 Å². The highest BCUT2D eigenvalue weighted by Gasteiger charge is 2.47. The van der Waals surface area contributed by atoms with Crippen LogP contribution in [0.3, 0.4) is 0 Å². The summed E-state index contributed by atoms with van der Waals surface area (Å²) in [7, 11) is 0. The second-order valence-corrected chi connectivity index (χ2v) is 5.61. The van der Waals surface area contributed by atoms with Crippen LogP contribution in [-0.4, -0.2) is 28.2 Å². The lowest BCUT2D eigenvalue weighted by Crippen LogP contribution is -2.42. The Kier molecular flexibility index (Phi) is 2.95. The minimum absolute atomic E-state index is 0.0241. The van der Waals surface area contributed by atoms with E-state index in [9.17, 15) is 18.7 Å². The number of nitrogens with zero attached hydrogens (tertiary/aromatic N) is 1. The summed E-state index contributed by atoms with van der Waals surface area (Å²) in [4.78, 5) is 22.9. The molecule has 1 N–H and O–H groups in total. The standard InChI is InChI=1S/C15H13F2NO4/c16-13(17)11-9(5-6-10-12(11)22-21-10)18-14(19)7-3-1-2-4-8(7)15(18)20/h5-6,12,14,19H,1-4H2. The first-order valence-corrected chi connectivity index (χ1v) is 7.14. The van der Waals surface area contributed by atoms with Crippen LogP contribution in [0, 0.1) is 0 Å². The number of halogens is 2. The first kappa shape index (κ1) is 13.7. The molecule has 4 aliphatic rings. The first-order chi connectivity index (χ1) is 10.6. The Morgan fingerprint density at radius 3 is 2.68 bits per heavy atom. The molecule has 22 heavy (non-hydrogen) atoms. The Morgan fingerprint density at radius 1 is 1.27 bits per heavy atom. The van der Waals surface area contributed by atoms with Crippen molar-refractivity contribution in [1.29, 1.82) is 0 Å². The monoisotopic (exact) mass is 309 g/mol. The van der Waals surface area contributed by atoms with Crippen LogP contribution in [-0.2, 0) is 14.6 Å². The van der Waals surface area contributed by atoms with Gasteiger partial charge in [-0.25, -0.2) is 0 Å². The Morgan fingerprint density at radius 2 is 2.05 bits per heavy atom. The Hall–Kier alpha value is -1.99. The van der Waals surface area contributed by atoms with Crippen LogP contribution in [0.4, 0.5) is 8.78 Å². The molecule has 1 saturated heterocycles. The van der Waals surface area contributed by atoms with Gasteiger partial charge in [0.2, 0.25) is 0 Å². The van der Waals surface area contributed by atoms with Gasteiger partial charge in [0.05, 0.1) is 11.3 Å². The highest BCUT2D eigenvalue weighted by atomic mass is 19.3. The average molecular weight is 309 g/mol. The third-order valence-electron chi connectivity index (χ3n) is 4.45. The molecule has 2 aliphatic carbocycles. The van der Waals surface area contributed by atoms with Crippen LogP contribution >= 0.6 is 0 Å². The van der Waals surface area contributed by atoms with Gasteiger partial charge in [0.15, 0.2) is 18.1 Å². The van der Waals surface area contributed by atoms with Crippen LogP contribution in [0.2, 0.25) is 0 Å². The van der Waals surface area contributed by atoms with Crippen LogP contribution in [0.1, 0.15) is 25.7 Å². The van der Waals surface area contributed by atoms with Gasteiger partial charge in [-0.05, 0) is 43.4 Å². The number of aliphatic hydroxyl groups is 1.